The first-order valence-corrected chi connectivity index (χ1v) is 5.08. The second kappa shape index (κ2) is 5.26. The van der Waals surface area contributed by atoms with Gasteiger partial charge in [0.1, 0.15) is 0 Å². The van der Waals surface area contributed by atoms with Gasteiger partial charge in [0, 0.05) is 6.42 Å². The average molecular weight is 168 g/mol. The molecular formula is C9H12OS. The summed E-state index contributed by atoms with van der Waals surface area (Å²) < 4.78 is 0. The summed E-state index contributed by atoms with van der Waals surface area (Å²) in [5.41, 5.74) is 0. The van der Waals surface area contributed by atoms with Crippen molar-refractivity contribution < 1.29 is 4.79 Å². The second-order valence-corrected chi connectivity index (χ2v) is 3.88. The van der Waals surface area contributed by atoms with E-state index in [0.717, 1.165) is 12.3 Å². The van der Waals surface area contributed by atoms with Crippen molar-refractivity contribution >= 4 is 18.0 Å². The Morgan fingerprint density at radius 3 is 3.18 bits per heavy atom. The lowest BCUT2D eigenvalue weighted by molar-refractivity contribution is -0.103. The van der Waals surface area contributed by atoms with Gasteiger partial charge in [-0.25, -0.2) is 0 Å². The largest absolute Gasteiger partial charge is 0.289 e. The van der Waals surface area contributed by atoms with Crippen LogP contribution in [0.15, 0.2) is 0 Å². The van der Waals surface area contributed by atoms with E-state index < -0.39 is 0 Å². The van der Waals surface area contributed by atoms with Gasteiger partial charge in [-0.2, -0.15) is 11.8 Å². The van der Waals surface area contributed by atoms with Gasteiger partial charge in [0.15, 0.2) is 6.29 Å². The zero-order chi connectivity index (χ0) is 7.94. The summed E-state index contributed by atoms with van der Waals surface area (Å²) in [5.74, 6) is 8.60. The number of rotatable bonds is 1. The monoisotopic (exact) mass is 168 g/mol. The molecule has 11 heavy (non-hydrogen) atoms. The Labute approximate surface area is 71.9 Å². The van der Waals surface area contributed by atoms with Gasteiger partial charge in [-0.05, 0) is 36.2 Å². The zero-order valence-corrected chi connectivity index (χ0v) is 7.32. The first kappa shape index (κ1) is 8.67. The van der Waals surface area contributed by atoms with Crippen molar-refractivity contribution in [3.05, 3.63) is 0 Å². The lowest BCUT2D eigenvalue weighted by Crippen LogP contribution is -2.09. The highest BCUT2D eigenvalue weighted by atomic mass is 32.2. The Balaban J connectivity index is 2.19. The minimum Gasteiger partial charge on any atom is -0.289 e. The minimum absolute atomic E-state index is 0.677. The van der Waals surface area contributed by atoms with E-state index in [2.05, 4.69) is 11.8 Å². The molecule has 60 valence electrons. The Hall–Kier alpha value is -0.420. The fraction of sp³-hybridized carbons (Fsp3) is 0.667. The van der Waals surface area contributed by atoms with Gasteiger partial charge in [-0.1, -0.05) is 5.92 Å². The SMILES string of the molecule is O=CC#CCC1CCCSC1. The van der Waals surface area contributed by atoms with Crippen LogP contribution in [0.4, 0.5) is 0 Å². The smallest absolute Gasteiger partial charge is 0.192 e. The molecule has 0 amide bonds. The number of thioether (sulfide) groups is 1. The van der Waals surface area contributed by atoms with E-state index in [1.807, 2.05) is 11.8 Å². The maximum Gasteiger partial charge on any atom is 0.192 e. The predicted molar refractivity (Wildman–Crippen MR) is 48.5 cm³/mol. The van der Waals surface area contributed by atoms with Gasteiger partial charge in [-0.3, -0.25) is 4.79 Å². The Morgan fingerprint density at radius 1 is 1.64 bits per heavy atom. The number of hydrogen-bond donors (Lipinski definition) is 0. The molecule has 0 bridgehead atoms. The van der Waals surface area contributed by atoms with Crippen LogP contribution in [0.25, 0.3) is 0 Å². The third kappa shape index (κ3) is 3.48. The molecule has 1 aliphatic rings. The molecule has 0 aromatic carbocycles. The van der Waals surface area contributed by atoms with Crippen LogP contribution in [0.1, 0.15) is 19.3 Å². The first-order valence-electron chi connectivity index (χ1n) is 3.93. The molecule has 1 atom stereocenters. The van der Waals surface area contributed by atoms with E-state index in [1.165, 1.54) is 24.3 Å². The van der Waals surface area contributed by atoms with E-state index in [1.54, 1.807) is 0 Å². The molecule has 1 unspecified atom stereocenters. The normalized spacial score (nSPS) is 23.5. The summed E-state index contributed by atoms with van der Waals surface area (Å²) in [4.78, 5) is 9.87. The molecule has 0 aromatic heterocycles. The number of carbonyl (C=O) groups excluding carboxylic acids is 1. The van der Waals surface area contributed by atoms with Crippen molar-refractivity contribution in [2.24, 2.45) is 5.92 Å². The van der Waals surface area contributed by atoms with Crippen LogP contribution in [-0.2, 0) is 4.79 Å². The lowest BCUT2D eigenvalue weighted by atomic mass is 10.0. The highest BCUT2D eigenvalue weighted by Crippen LogP contribution is 2.24. The van der Waals surface area contributed by atoms with Crippen LogP contribution in [0.3, 0.4) is 0 Å². The Kier molecular flexibility index (Phi) is 4.15. The third-order valence-electron chi connectivity index (χ3n) is 1.81. The van der Waals surface area contributed by atoms with Gasteiger partial charge in [-0.15, -0.1) is 0 Å². The Morgan fingerprint density at radius 2 is 2.55 bits per heavy atom. The summed E-state index contributed by atoms with van der Waals surface area (Å²) in [6.45, 7) is 0. The molecule has 0 saturated carbocycles. The molecule has 0 aromatic rings. The molecule has 1 fully saturated rings. The molecule has 0 radical (unpaired) electrons. The van der Waals surface area contributed by atoms with E-state index in [0.29, 0.717) is 6.29 Å². The molecule has 1 heterocycles. The fourth-order valence-electron chi connectivity index (χ4n) is 1.21. The maximum atomic E-state index is 9.87. The third-order valence-corrected chi connectivity index (χ3v) is 3.09. The molecule has 1 aliphatic heterocycles. The van der Waals surface area contributed by atoms with E-state index in [4.69, 9.17) is 0 Å². The van der Waals surface area contributed by atoms with Gasteiger partial charge in [0.2, 0.25) is 0 Å². The van der Waals surface area contributed by atoms with E-state index in [9.17, 15) is 4.79 Å². The molecule has 0 N–H and O–H groups in total. The first-order chi connectivity index (χ1) is 5.43. The summed E-state index contributed by atoms with van der Waals surface area (Å²) in [5, 5.41) is 0. The van der Waals surface area contributed by atoms with Crippen LogP contribution < -0.4 is 0 Å². The van der Waals surface area contributed by atoms with Crippen molar-refractivity contribution in [1.82, 2.24) is 0 Å². The summed E-state index contributed by atoms with van der Waals surface area (Å²) in [6, 6.07) is 0. The van der Waals surface area contributed by atoms with Crippen molar-refractivity contribution in [3.8, 4) is 11.8 Å². The number of hydrogen-bond acceptors (Lipinski definition) is 2. The van der Waals surface area contributed by atoms with Crippen LogP contribution in [-0.4, -0.2) is 17.8 Å². The standard InChI is InChI=1S/C9H12OS/c10-6-2-1-4-9-5-3-7-11-8-9/h6,9H,3-5,7-8H2. The highest BCUT2D eigenvalue weighted by Gasteiger charge is 2.11. The maximum absolute atomic E-state index is 9.87. The quantitative estimate of drug-likeness (QED) is 0.438. The molecule has 2 heteroatoms. The number of carbonyl (C=O) groups is 1. The highest BCUT2D eigenvalue weighted by molar-refractivity contribution is 7.99. The van der Waals surface area contributed by atoms with E-state index >= 15 is 0 Å². The zero-order valence-electron chi connectivity index (χ0n) is 6.51. The molecule has 1 saturated heterocycles. The average Bonchev–Trinajstić information content (AvgIpc) is 2.07. The van der Waals surface area contributed by atoms with E-state index in [-0.39, 0.29) is 0 Å². The summed E-state index contributed by atoms with van der Waals surface area (Å²) in [7, 11) is 0. The molecule has 1 rings (SSSR count). The fourth-order valence-corrected chi connectivity index (χ4v) is 2.37. The van der Waals surface area contributed by atoms with Gasteiger partial charge >= 0.3 is 0 Å². The van der Waals surface area contributed by atoms with Crippen LogP contribution in [0.5, 0.6) is 0 Å². The topological polar surface area (TPSA) is 17.1 Å². The molecule has 1 nitrogen and oxygen atoms in total. The predicted octanol–water partition coefficient (Wildman–Crippen LogP) is 1.72. The van der Waals surface area contributed by atoms with Crippen molar-refractivity contribution in [3.63, 3.8) is 0 Å². The Bertz CT molecular complexity index is 172. The van der Waals surface area contributed by atoms with Crippen LogP contribution in [0, 0.1) is 17.8 Å². The van der Waals surface area contributed by atoms with Crippen LogP contribution in [0.2, 0.25) is 0 Å². The summed E-state index contributed by atoms with van der Waals surface area (Å²) in [6.07, 6.45) is 4.19. The van der Waals surface area contributed by atoms with Gasteiger partial charge < -0.3 is 0 Å². The molecular weight excluding hydrogens is 156 g/mol. The van der Waals surface area contributed by atoms with Gasteiger partial charge in [0.25, 0.3) is 0 Å². The summed E-state index contributed by atoms with van der Waals surface area (Å²) >= 11 is 2.00. The minimum atomic E-state index is 0.677. The van der Waals surface area contributed by atoms with Crippen molar-refractivity contribution in [2.45, 2.75) is 19.3 Å². The second-order valence-electron chi connectivity index (χ2n) is 2.73. The molecule has 0 spiro atoms. The van der Waals surface area contributed by atoms with Crippen LogP contribution >= 0.6 is 11.8 Å². The number of aldehydes is 1. The van der Waals surface area contributed by atoms with Crippen molar-refractivity contribution in [2.75, 3.05) is 11.5 Å². The van der Waals surface area contributed by atoms with Gasteiger partial charge in [0.05, 0.1) is 0 Å². The van der Waals surface area contributed by atoms with Crippen molar-refractivity contribution in [1.29, 1.82) is 0 Å². The molecule has 0 aliphatic carbocycles. The lowest BCUT2D eigenvalue weighted by Gasteiger charge is -2.18.